The van der Waals surface area contributed by atoms with Gasteiger partial charge < -0.3 is 10.2 Å². The highest BCUT2D eigenvalue weighted by molar-refractivity contribution is 5.03. The molecule has 0 bridgehead atoms. The molecule has 0 saturated carbocycles. The minimum Gasteiger partial charge on any atom is -0.390 e. The zero-order valence-corrected chi connectivity index (χ0v) is 8.25. The highest BCUT2D eigenvalue weighted by atomic mass is 16.3. The second kappa shape index (κ2) is 5.33. The van der Waals surface area contributed by atoms with E-state index < -0.39 is 11.7 Å². The molecular formula is C10H20O2. The third-order valence-corrected chi connectivity index (χ3v) is 2.07. The predicted octanol–water partition coefficient (Wildman–Crippen LogP) is 1.86. The molecule has 12 heavy (non-hydrogen) atoms. The summed E-state index contributed by atoms with van der Waals surface area (Å²) < 4.78 is 0. The lowest BCUT2D eigenvalue weighted by Crippen LogP contribution is -2.39. The van der Waals surface area contributed by atoms with Crippen molar-refractivity contribution in [3.63, 3.8) is 0 Å². The highest BCUT2D eigenvalue weighted by Gasteiger charge is 2.29. The van der Waals surface area contributed by atoms with Crippen LogP contribution < -0.4 is 0 Å². The molecular weight excluding hydrogens is 152 g/mol. The summed E-state index contributed by atoms with van der Waals surface area (Å²) in [6.07, 6.45) is 4.90. The SMILES string of the molecule is CC=CC(O)(CCC)C(O)CC. The topological polar surface area (TPSA) is 40.5 Å². The molecule has 0 aromatic heterocycles. The Kier molecular flexibility index (Phi) is 5.18. The van der Waals surface area contributed by atoms with E-state index in [1.165, 1.54) is 0 Å². The van der Waals surface area contributed by atoms with Crippen LogP contribution in [0.2, 0.25) is 0 Å². The fraction of sp³-hybridized carbons (Fsp3) is 0.800. The molecule has 0 saturated heterocycles. The van der Waals surface area contributed by atoms with Gasteiger partial charge in [-0.25, -0.2) is 0 Å². The summed E-state index contributed by atoms with van der Waals surface area (Å²) in [5, 5.41) is 19.5. The van der Waals surface area contributed by atoms with Crippen molar-refractivity contribution in [3.8, 4) is 0 Å². The van der Waals surface area contributed by atoms with Gasteiger partial charge in [0.25, 0.3) is 0 Å². The normalized spacial score (nSPS) is 19.4. The Morgan fingerprint density at radius 1 is 1.42 bits per heavy atom. The fourth-order valence-electron chi connectivity index (χ4n) is 1.40. The number of hydrogen-bond donors (Lipinski definition) is 2. The summed E-state index contributed by atoms with van der Waals surface area (Å²) in [6, 6.07) is 0. The van der Waals surface area contributed by atoms with E-state index in [1.54, 1.807) is 12.2 Å². The lowest BCUT2D eigenvalue weighted by molar-refractivity contribution is -0.0464. The van der Waals surface area contributed by atoms with Gasteiger partial charge in [0.05, 0.1) is 6.10 Å². The maximum absolute atomic E-state index is 9.94. The number of aliphatic hydroxyl groups excluding tert-OH is 1. The maximum Gasteiger partial charge on any atom is 0.108 e. The number of allylic oxidation sites excluding steroid dienone is 1. The van der Waals surface area contributed by atoms with E-state index >= 15 is 0 Å². The summed E-state index contributed by atoms with van der Waals surface area (Å²) in [6.45, 7) is 5.72. The second-order valence-electron chi connectivity index (χ2n) is 3.17. The quantitative estimate of drug-likeness (QED) is 0.621. The molecule has 72 valence electrons. The molecule has 0 aliphatic carbocycles. The van der Waals surface area contributed by atoms with Crippen molar-refractivity contribution in [2.45, 2.75) is 51.7 Å². The molecule has 0 aromatic carbocycles. The summed E-state index contributed by atoms with van der Waals surface area (Å²) in [5.74, 6) is 0. The fourth-order valence-corrected chi connectivity index (χ4v) is 1.40. The first kappa shape index (κ1) is 11.7. The summed E-state index contributed by atoms with van der Waals surface area (Å²) in [4.78, 5) is 0. The Morgan fingerprint density at radius 3 is 2.33 bits per heavy atom. The van der Waals surface area contributed by atoms with Gasteiger partial charge in [0.2, 0.25) is 0 Å². The summed E-state index contributed by atoms with van der Waals surface area (Å²) in [5.41, 5.74) is -1.02. The molecule has 0 aromatic rings. The van der Waals surface area contributed by atoms with E-state index in [9.17, 15) is 10.2 Å². The minimum atomic E-state index is -1.02. The number of hydrogen-bond acceptors (Lipinski definition) is 2. The van der Waals surface area contributed by atoms with Crippen LogP contribution in [0.15, 0.2) is 12.2 Å². The lowest BCUT2D eigenvalue weighted by atomic mass is 9.89. The van der Waals surface area contributed by atoms with Crippen molar-refractivity contribution in [3.05, 3.63) is 12.2 Å². The predicted molar refractivity (Wildman–Crippen MR) is 51.0 cm³/mol. The Balaban J connectivity index is 4.36. The van der Waals surface area contributed by atoms with E-state index in [4.69, 9.17) is 0 Å². The molecule has 2 nitrogen and oxygen atoms in total. The van der Waals surface area contributed by atoms with E-state index in [-0.39, 0.29) is 0 Å². The maximum atomic E-state index is 9.94. The van der Waals surface area contributed by atoms with Crippen molar-refractivity contribution in [1.82, 2.24) is 0 Å². The second-order valence-corrected chi connectivity index (χ2v) is 3.17. The van der Waals surface area contributed by atoms with Gasteiger partial charge in [-0.15, -0.1) is 0 Å². The van der Waals surface area contributed by atoms with Crippen molar-refractivity contribution < 1.29 is 10.2 Å². The molecule has 0 aliphatic heterocycles. The van der Waals surface area contributed by atoms with Crippen LogP contribution in [0, 0.1) is 0 Å². The van der Waals surface area contributed by atoms with Crippen LogP contribution in [0.5, 0.6) is 0 Å². The Labute approximate surface area is 74.9 Å². The highest BCUT2D eigenvalue weighted by Crippen LogP contribution is 2.21. The third-order valence-electron chi connectivity index (χ3n) is 2.07. The van der Waals surface area contributed by atoms with Gasteiger partial charge in [0.1, 0.15) is 5.60 Å². The first-order valence-corrected chi connectivity index (χ1v) is 4.65. The number of aliphatic hydroxyl groups is 2. The Hall–Kier alpha value is -0.340. The zero-order valence-electron chi connectivity index (χ0n) is 8.25. The smallest absolute Gasteiger partial charge is 0.108 e. The van der Waals surface area contributed by atoms with E-state index in [0.717, 1.165) is 6.42 Å². The van der Waals surface area contributed by atoms with Crippen LogP contribution in [0.25, 0.3) is 0 Å². The average Bonchev–Trinajstić information content (AvgIpc) is 2.04. The molecule has 0 fully saturated rings. The molecule has 0 aliphatic rings. The van der Waals surface area contributed by atoms with Gasteiger partial charge in [0, 0.05) is 0 Å². The van der Waals surface area contributed by atoms with Gasteiger partial charge in [0.15, 0.2) is 0 Å². The van der Waals surface area contributed by atoms with Crippen LogP contribution in [-0.2, 0) is 0 Å². The molecule has 0 heterocycles. The van der Waals surface area contributed by atoms with Crippen LogP contribution in [-0.4, -0.2) is 21.9 Å². The molecule has 0 amide bonds. The molecule has 0 radical (unpaired) electrons. The van der Waals surface area contributed by atoms with Gasteiger partial charge in [-0.3, -0.25) is 0 Å². The molecule has 2 unspecified atom stereocenters. The Morgan fingerprint density at radius 2 is 2.00 bits per heavy atom. The largest absolute Gasteiger partial charge is 0.390 e. The lowest BCUT2D eigenvalue weighted by Gasteiger charge is -2.29. The molecule has 2 N–H and O–H groups in total. The minimum absolute atomic E-state index is 0.584. The summed E-state index contributed by atoms with van der Waals surface area (Å²) >= 11 is 0. The van der Waals surface area contributed by atoms with E-state index in [1.807, 2.05) is 20.8 Å². The van der Waals surface area contributed by atoms with Crippen LogP contribution in [0.3, 0.4) is 0 Å². The molecule has 0 rings (SSSR count). The van der Waals surface area contributed by atoms with E-state index in [0.29, 0.717) is 12.8 Å². The van der Waals surface area contributed by atoms with Gasteiger partial charge in [-0.05, 0) is 19.8 Å². The van der Waals surface area contributed by atoms with Crippen LogP contribution >= 0.6 is 0 Å². The van der Waals surface area contributed by atoms with Gasteiger partial charge >= 0.3 is 0 Å². The number of rotatable bonds is 5. The molecule has 2 heteroatoms. The third kappa shape index (κ3) is 2.95. The average molecular weight is 172 g/mol. The first-order valence-electron chi connectivity index (χ1n) is 4.65. The Bertz CT molecular complexity index is 143. The van der Waals surface area contributed by atoms with Crippen molar-refractivity contribution in [2.24, 2.45) is 0 Å². The monoisotopic (exact) mass is 172 g/mol. The van der Waals surface area contributed by atoms with Gasteiger partial charge in [-0.1, -0.05) is 32.4 Å². The zero-order chi connectivity index (χ0) is 9.61. The summed E-state index contributed by atoms with van der Waals surface area (Å²) in [7, 11) is 0. The molecule has 0 spiro atoms. The van der Waals surface area contributed by atoms with Crippen LogP contribution in [0.1, 0.15) is 40.0 Å². The van der Waals surface area contributed by atoms with E-state index in [2.05, 4.69) is 0 Å². The van der Waals surface area contributed by atoms with Crippen LogP contribution in [0.4, 0.5) is 0 Å². The van der Waals surface area contributed by atoms with Crippen molar-refractivity contribution in [2.75, 3.05) is 0 Å². The van der Waals surface area contributed by atoms with Gasteiger partial charge in [-0.2, -0.15) is 0 Å². The molecule has 2 atom stereocenters. The first-order chi connectivity index (χ1) is 5.60. The van der Waals surface area contributed by atoms with Crippen molar-refractivity contribution in [1.29, 1.82) is 0 Å². The standard InChI is InChI=1S/C10H20O2/c1-4-7-10(12,8-5-2)9(11)6-3/h4,7,9,11-12H,5-6,8H2,1-3H3. The van der Waals surface area contributed by atoms with Crippen molar-refractivity contribution >= 4 is 0 Å².